The number of ether oxygens (including phenoxy) is 2. The van der Waals surface area contributed by atoms with Crippen molar-refractivity contribution < 1.29 is 14.3 Å². The largest absolute Gasteiger partial charge is 0.465 e. The number of allylic oxidation sites excluding steroid dienone is 1. The molecule has 5 aliphatic carbocycles. The molecule has 0 aromatic carbocycles. The number of fused-ring (bicyclic) bond motifs is 4. The van der Waals surface area contributed by atoms with Crippen molar-refractivity contribution in [2.45, 2.75) is 78.7 Å². The summed E-state index contributed by atoms with van der Waals surface area (Å²) in [6, 6.07) is 0. The van der Waals surface area contributed by atoms with Gasteiger partial charge in [0.05, 0.1) is 12.7 Å². The Morgan fingerprint density at radius 2 is 2.04 bits per heavy atom. The van der Waals surface area contributed by atoms with Gasteiger partial charge in [-0.15, -0.1) is 0 Å². The van der Waals surface area contributed by atoms with Gasteiger partial charge in [-0.05, 0) is 79.4 Å². The molecule has 0 radical (unpaired) electrons. The Kier molecular flexibility index (Phi) is 4.17. The molecule has 3 nitrogen and oxygen atoms in total. The van der Waals surface area contributed by atoms with Crippen LogP contribution in [0.4, 0.5) is 0 Å². The first-order valence-electron chi connectivity index (χ1n) is 11.6. The zero-order valence-electron chi connectivity index (χ0n) is 18.4. The van der Waals surface area contributed by atoms with E-state index in [0.29, 0.717) is 29.5 Å². The fraction of sp³-hybridized carbons (Fsp3) is 0.880. The van der Waals surface area contributed by atoms with Gasteiger partial charge in [-0.3, -0.25) is 4.79 Å². The molecular formula is C25H38O3. The van der Waals surface area contributed by atoms with Crippen LogP contribution in [0, 0.1) is 45.8 Å². The predicted octanol–water partition coefficient (Wildman–Crippen LogP) is 5.39. The van der Waals surface area contributed by atoms with Crippen LogP contribution in [0.5, 0.6) is 0 Å². The summed E-state index contributed by atoms with van der Waals surface area (Å²) in [5, 5.41) is 0. The first-order valence-corrected chi connectivity index (χ1v) is 11.6. The van der Waals surface area contributed by atoms with Gasteiger partial charge < -0.3 is 9.47 Å². The number of methoxy groups -OCH3 is 1. The Morgan fingerprint density at radius 3 is 2.71 bits per heavy atom. The summed E-state index contributed by atoms with van der Waals surface area (Å²) >= 11 is 0. The predicted molar refractivity (Wildman–Crippen MR) is 110 cm³/mol. The van der Waals surface area contributed by atoms with Crippen LogP contribution in [0.2, 0.25) is 0 Å². The highest BCUT2D eigenvalue weighted by atomic mass is 16.5. The molecule has 5 aliphatic rings. The summed E-state index contributed by atoms with van der Waals surface area (Å²) in [7, 11) is 1.97. The minimum atomic E-state index is -0.162. The summed E-state index contributed by atoms with van der Waals surface area (Å²) in [6.07, 6.45) is 12.4. The van der Waals surface area contributed by atoms with Crippen LogP contribution in [0.25, 0.3) is 0 Å². The lowest BCUT2D eigenvalue weighted by atomic mass is 9.45. The zero-order valence-corrected chi connectivity index (χ0v) is 18.4. The average Bonchev–Trinajstić information content (AvgIpc) is 3.16. The second kappa shape index (κ2) is 6.09. The molecule has 9 atom stereocenters. The summed E-state index contributed by atoms with van der Waals surface area (Å²) in [6.45, 7) is 9.44. The van der Waals surface area contributed by atoms with Gasteiger partial charge in [-0.2, -0.15) is 0 Å². The number of carbonyl (C=O) groups excluding carboxylic acids is 1. The quantitative estimate of drug-likeness (QED) is 0.480. The van der Waals surface area contributed by atoms with Gasteiger partial charge in [-0.25, -0.2) is 0 Å². The van der Waals surface area contributed by atoms with Gasteiger partial charge in [-0.1, -0.05) is 32.4 Å². The lowest BCUT2D eigenvalue weighted by Gasteiger charge is -2.60. The topological polar surface area (TPSA) is 35.5 Å². The molecule has 156 valence electrons. The highest BCUT2D eigenvalue weighted by Crippen LogP contribution is 2.82. The molecule has 0 aromatic rings. The average molecular weight is 387 g/mol. The van der Waals surface area contributed by atoms with E-state index < -0.39 is 0 Å². The Balaban J connectivity index is 1.41. The van der Waals surface area contributed by atoms with Crippen molar-refractivity contribution in [1.82, 2.24) is 0 Å². The van der Waals surface area contributed by atoms with E-state index in [0.717, 1.165) is 23.7 Å². The monoisotopic (exact) mass is 386 g/mol. The van der Waals surface area contributed by atoms with Crippen molar-refractivity contribution in [1.29, 1.82) is 0 Å². The molecule has 0 amide bonds. The molecule has 0 heterocycles. The fourth-order valence-corrected chi connectivity index (χ4v) is 9.28. The Morgan fingerprint density at radius 1 is 1.25 bits per heavy atom. The van der Waals surface area contributed by atoms with Gasteiger partial charge in [0.25, 0.3) is 0 Å². The highest BCUT2D eigenvalue weighted by Gasteiger charge is 2.77. The molecule has 0 aromatic heterocycles. The van der Waals surface area contributed by atoms with Crippen LogP contribution < -0.4 is 0 Å². The molecule has 28 heavy (non-hydrogen) atoms. The maximum Gasteiger partial charge on any atom is 0.302 e. The van der Waals surface area contributed by atoms with E-state index in [2.05, 4.69) is 26.8 Å². The smallest absolute Gasteiger partial charge is 0.302 e. The van der Waals surface area contributed by atoms with E-state index in [4.69, 9.17) is 9.47 Å². The SMILES string of the molecule is CO[C@@H]1C[C@H]2[C@@H]3CC=C(C(C)COC(C)=O)[C@@]3(C)CC[C@@H]2[C@@]2(C)CCC3CC312. The van der Waals surface area contributed by atoms with Gasteiger partial charge in [0.15, 0.2) is 0 Å². The third-order valence-electron chi connectivity index (χ3n) is 10.5. The summed E-state index contributed by atoms with van der Waals surface area (Å²) in [4.78, 5) is 11.3. The first-order chi connectivity index (χ1) is 13.3. The molecule has 0 saturated heterocycles. The van der Waals surface area contributed by atoms with Crippen molar-refractivity contribution >= 4 is 5.97 Å². The van der Waals surface area contributed by atoms with E-state index in [1.807, 2.05) is 7.11 Å². The normalized spacial score (nSPS) is 52.0. The Hall–Kier alpha value is -0.830. The summed E-state index contributed by atoms with van der Waals surface area (Å²) in [5.74, 6) is 3.51. The van der Waals surface area contributed by atoms with Crippen LogP contribution in [0.1, 0.15) is 72.6 Å². The Labute approximate surface area is 170 Å². The number of carbonyl (C=O) groups is 1. The van der Waals surface area contributed by atoms with Gasteiger partial charge in [0.1, 0.15) is 0 Å². The summed E-state index contributed by atoms with van der Waals surface area (Å²) in [5.41, 5.74) is 2.84. The number of esters is 1. The van der Waals surface area contributed by atoms with E-state index in [9.17, 15) is 4.79 Å². The van der Waals surface area contributed by atoms with E-state index >= 15 is 0 Å². The standard InChI is InChI=1S/C25H38O3/c1-15(14-28-16(2)26)19-6-7-20-18-12-22(27-5)25-13-17(25)8-11-24(25,4)21(18)9-10-23(19,20)3/h6,15,17-18,20-22H,7-14H2,1-5H3/t15?,17?,18-,20-,21-,22+,23+,24+,25?/m0/s1. The molecule has 0 aliphatic heterocycles. The van der Waals surface area contributed by atoms with E-state index in [-0.39, 0.29) is 11.4 Å². The van der Waals surface area contributed by atoms with Crippen molar-refractivity contribution in [2.75, 3.05) is 13.7 Å². The molecule has 4 fully saturated rings. The van der Waals surface area contributed by atoms with Crippen molar-refractivity contribution in [2.24, 2.45) is 45.8 Å². The van der Waals surface area contributed by atoms with Gasteiger partial charge >= 0.3 is 5.97 Å². The van der Waals surface area contributed by atoms with E-state index in [1.54, 1.807) is 5.57 Å². The summed E-state index contributed by atoms with van der Waals surface area (Å²) < 4.78 is 11.6. The third kappa shape index (κ3) is 2.23. The molecule has 0 N–H and O–H groups in total. The molecule has 3 heteroatoms. The minimum Gasteiger partial charge on any atom is -0.465 e. The minimum absolute atomic E-state index is 0.162. The maximum atomic E-state index is 11.3. The van der Waals surface area contributed by atoms with Gasteiger partial charge in [0.2, 0.25) is 0 Å². The second-order valence-electron chi connectivity index (χ2n) is 11.3. The third-order valence-corrected chi connectivity index (χ3v) is 10.5. The number of hydrogen-bond acceptors (Lipinski definition) is 3. The lowest BCUT2D eigenvalue weighted by molar-refractivity contribution is -0.154. The number of hydrogen-bond donors (Lipinski definition) is 0. The maximum absolute atomic E-state index is 11.3. The lowest BCUT2D eigenvalue weighted by Crippen LogP contribution is -2.56. The molecule has 1 spiro atoms. The van der Waals surface area contributed by atoms with Crippen molar-refractivity contribution in [3.63, 3.8) is 0 Å². The van der Waals surface area contributed by atoms with Crippen LogP contribution in [-0.4, -0.2) is 25.8 Å². The van der Waals surface area contributed by atoms with E-state index in [1.165, 1.54) is 51.9 Å². The van der Waals surface area contributed by atoms with Crippen LogP contribution in [-0.2, 0) is 14.3 Å². The molecular weight excluding hydrogens is 348 g/mol. The molecule has 5 rings (SSSR count). The van der Waals surface area contributed by atoms with Crippen LogP contribution in [0.3, 0.4) is 0 Å². The number of rotatable bonds is 4. The Bertz CT molecular complexity index is 713. The first kappa shape index (κ1) is 19.2. The van der Waals surface area contributed by atoms with Crippen LogP contribution in [0.15, 0.2) is 11.6 Å². The highest BCUT2D eigenvalue weighted by molar-refractivity contribution is 5.65. The fourth-order valence-electron chi connectivity index (χ4n) is 9.28. The van der Waals surface area contributed by atoms with Crippen molar-refractivity contribution in [3.05, 3.63) is 11.6 Å². The zero-order chi connectivity index (χ0) is 19.9. The van der Waals surface area contributed by atoms with Crippen LogP contribution >= 0.6 is 0 Å². The second-order valence-corrected chi connectivity index (χ2v) is 11.3. The molecule has 4 saturated carbocycles. The van der Waals surface area contributed by atoms with Gasteiger partial charge in [0, 0.05) is 25.4 Å². The van der Waals surface area contributed by atoms with Crippen molar-refractivity contribution in [3.8, 4) is 0 Å². The molecule has 3 unspecified atom stereocenters. The molecule has 0 bridgehead atoms.